The van der Waals surface area contributed by atoms with Crippen molar-refractivity contribution in [3.8, 4) is 0 Å². The molecule has 148 valence electrons. The van der Waals surface area contributed by atoms with Gasteiger partial charge in [0.1, 0.15) is 5.60 Å². The molecule has 26 heavy (non-hydrogen) atoms. The number of rotatable bonds is 2. The van der Waals surface area contributed by atoms with Crippen LogP contribution < -0.4 is 0 Å². The van der Waals surface area contributed by atoms with Crippen molar-refractivity contribution in [2.45, 2.75) is 46.1 Å². The van der Waals surface area contributed by atoms with E-state index in [2.05, 4.69) is 0 Å². The molecule has 0 aromatic rings. The summed E-state index contributed by atoms with van der Waals surface area (Å²) in [4.78, 5) is 41.9. The zero-order chi connectivity index (χ0) is 19.3. The van der Waals surface area contributed by atoms with E-state index in [9.17, 15) is 14.4 Å². The summed E-state index contributed by atoms with van der Waals surface area (Å²) in [5.74, 6) is -0.146. The number of carbonyl (C=O) groups is 3. The molecule has 0 spiro atoms. The minimum atomic E-state index is -0.544. The summed E-state index contributed by atoms with van der Waals surface area (Å²) in [5, 5.41) is 0. The van der Waals surface area contributed by atoms with Crippen molar-refractivity contribution in [3.63, 3.8) is 0 Å². The van der Waals surface area contributed by atoms with Gasteiger partial charge in [0.15, 0.2) is 0 Å². The number of ether oxygens (including phenoxy) is 2. The molecule has 8 nitrogen and oxygen atoms in total. The van der Waals surface area contributed by atoms with Crippen molar-refractivity contribution in [3.05, 3.63) is 0 Å². The number of carbonyl (C=O) groups excluding carboxylic acids is 3. The molecule has 2 fully saturated rings. The van der Waals surface area contributed by atoms with Crippen LogP contribution >= 0.6 is 0 Å². The Morgan fingerprint density at radius 1 is 0.923 bits per heavy atom. The summed E-state index contributed by atoms with van der Waals surface area (Å²) in [5.41, 5.74) is -0.544. The standard InChI is InChI=1S/C18H31N3O5/c1-5-25-16(23)20-11-9-19(10-12-20)15(22)14-7-6-8-21(13-14)17(24)26-18(2,3)4/h14H,5-13H2,1-4H3. The van der Waals surface area contributed by atoms with Crippen LogP contribution in [0.15, 0.2) is 0 Å². The molecule has 2 aliphatic heterocycles. The molecule has 2 saturated heterocycles. The molecule has 0 bridgehead atoms. The van der Waals surface area contributed by atoms with E-state index in [1.165, 1.54) is 0 Å². The maximum atomic E-state index is 12.8. The van der Waals surface area contributed by atoms with Crippen LogP contribution in [0.5, 0.6) is 0 Å². The summed E-state index contributed by atoms with van der Waals surface area (Å²) >= 11 is 0. The van der Waals surface area contributed by atoms with Crippen molar-refractivity contribution in [2.24, 2.45) is 5.92 Å². The molecule has 2 rings (SSSR count). The van der Waals surface area contributed by atoms with Gasteiger partial charge in [0.05, 0.1) is 12.5 Å². The van der Waals surface area contributed by atoms with E-state index in [-0.39, 0.29) is 24.0 Å². The lowest BCUT2D eigenvalue weighted by Gasteiger charge is -2.38. The molecule has 2 aliphatic rings. The fraction of sp³-hybridized carbons (Fsp3) is 0.833. The molecule has 0 N–H and O–H groups in total. The lowest BCUT2D eigenvalue weighted by Crippen LogP contribution is -2.54. The minimum absolute atomic E-state index is 0.0572. The monoisotopic (exact) mass is 369 g/mol. The number of hydrogen-bond donors (Lipinski definition) is 0. The quantitative estimate of drug-likeness (QED) is 0.743. The predicted octanol–water partition coefficient (Wildman–Crippen LogP) is 1.93. The van der Waals surface area contributed by atoms with Crippen LogP contribution in [-0.4, -0.2) is 84.3 Å². The fourth-order valence-electron chi connectivity index (χ4n) is 3.25. The highest BCUT2D eigenvalue weighted by Gasteiger charge is 2.34. The van der Waals surface area contributed by atoms with Gasteiger partial charge in [-0.15, -0.1) is 0 Å². The zero-order valence-corrected chi connectivity index (χ0v) is 16.3. The smallest absolute Gasteiger partial charge is 0.410 e. The highest BCUT2D eigenvalue weighted by atomic mass is 16.6. The van der Waals surface area contributed by atoms with E-state index >= 15 is 0 Å². The minimum Gasteiger partial charge on any atom is -0.450 e. The SMILES string of the molecule is CCOC(=O)N1CCN(C(=O)C2CCCN(C(=O)OC(C)(C)C)C2)CC1. The molecule has 2 heterocycles. The van der Waals surface area contributed by atoms with Crippen LogP contribution in [0.3, 0.4) is 0 Å². The van der Waals surface area contributed by atoms with Gasteiger partial charge in [-0.05, 0) is 40.5 Å². The van der Waals surface area contributed by atoms with Crippen LogP contribution in [0.4, 0.5) is 9.59 Å². The van der Waals surface area contributed by atoms with E-state index < -0.39 is 5.60 Å². The van der Waals surface area contributed by atoms with E-state index in [0.717, 1.165) is 12.8 Å². The van der Waals surface area contributed by atoms with Crippen molar-refractivity contribution < 1.29 is 23.9 Å². The summed E-state index contributed by atoms with van der Waals surface area (Å²) in [6.07, 6.45) is 0.879. The van der Waals surface area contributed by atoms with Crippen LogP contribution in [0.2, 0.25) is 0 Å². The van der Waals surface area contributed by atoms with Gasteiger partial charge in [0.2, 0.25) is 5.91 Å². The maximum Gasteiger partial charge on any atom is 0.410 e. The van der Waals surface area contributed by atoms with Gasteiger partial charge in [-0.1, -0.05) is 0 Å². The third kappa shape index (κ3) is 5.51. The first-order chi connectivity index (χ1) is 12.2. The van der Waals surface area contributed by atoms with Gasteiger partial charge in [-0.3, -0.25) is 4.79 Å². The number of hydrogen-bond acceptors (Lipinski definition) is 5. The molecule has 8 heteroatoms. The first kappa shape index (κ1) is 20.3. The Labute approximate surface area is 155 Å². The Balaban J connectivity index is 1.86. The molecule has 1 unspecified atom stereocenters. The molecular weight excluding hydrogens is 338 g/mol. The second-order valence-corrected chi connectivity index (χ2v) is 7.78. The predicted molar refractivity (Wildman–Crippen MR) is 95.7 cm³/mol. The summed E-state index contributed by atoms with van der Waals surface area (Å²) in [6, 6.07) is 0. The van der Waals surface area contributed by atoms with Crippen LogP contribution in [-0.2, 0) is 14.3 Å². The van der Waals surface area contributed by atoms with Crippen LogP contribution in [0.1, 0.15) is 40.5 Å². The molecule has 0 aliphatic carbocycles. The van der Waals surface area contributed by atoms with Gasteiger partial charge in [0.25, 0.3) is 0 Å². The molecule has 1 atom stereocenters. The Morgan fingerprint density at radius 3 is 2.12 bits per heavy atom. The van der Waals surface area contributed by atoms with Crippen molar-refractivity contribution in [1.29, 1.82) is 0 Å². The lowest BCUT2D eigenvalue weighted by molar-refractivity contribution is -0.138. The first-order valence-electron chi connectivity index (χ1n) is 9.39. The molecule has 0 aromatic heterocycles. The molecular formula is C18H31N3O5. The number of nitrogens with zero attached hydrogens (tertiary/aromatic N) is 3. The highest BCUT2D eigenvalue weighted by Crippen LogP contribution is 2.22. The van der Waals surface area contributed by atoms with E-state index in [4.69, 9.17) is 9.47 Å². The summed E-state index contributed by atoms with van der Waals surface area (Å²) in [6.45, 7) is 10.6. The number of piperazine rings is 1. The third-order valence-corrected chi connectivity index (χ3v) is 4.54. The van der Waals surface area contributed by atoms with Gasteiger partial charge < -0.3 is 24.2 Å². The fourth-order valence-corrected chi connectivity index (χ4v) is 3.25. The lowest BCUT2D eigenvalue weighted by atomic mass is 9.96. The maximum absolute atomic E-state index is 12.8. The number of piperidine rings is 1. The Kier molecular flexibility index (Phi) is 6.72. The topological polar surface area (TPSA) is 79.4 Å². The van der Waals surface area contributed by atoms with Gasteiger partial charge in [-0.2, -0.15) is 0 Å². The molecule has 0 aromatic carbocycles. The summed E-state index contributed by atoms with van der Waals surface area (Å²) in [7, 11) is 0. The van der Waals surface area contributed by atoms with Gasteiger partial charge in [0, 0.05) is 39.3 Å². The molecule has 0 saturated carbocycles. The van der Waals surface area contributed by atoms with Crippen LogP contribution in [0, 0.1) is 5.92 Å². The van der Waals surface area contributed by atoms with E-state index in [1.807, 2.05) is 20.8 Å². The normalized spacial score (nSPS) is 21.4. The van der Waals surface area contributed by atoms with Crippen molar-refractivity contribution in [2.75, 3.05) is 45.9 Å². The molecule has 0 radical (unpaired) electrons. The second kappa shape index (κ2) is 8.60. The first-order valence-corrected chi connectivity index (χ1v) is 9.39. The highest BCUT2D eigenvalue weighted by molar-refractivity contribution is 5.80. The zero-order valence-electron chi connectivity index (χ0n) is 16.3. The molecule has 3 amide bonds. The largest absolute Gasteiger partial charge is 0.450 e. The Hall–Kier alpha value is -1.99. The Bertz CT molecular complexity index is 523. The number of likely N-dealkylation sites (tertiary alicyclic amines) is 1. The second-order valence-electron chi connectivity index (χ2n) is 7.78. The summed E-state index contributed by atoms with van der Waals surface area (Å²) < 4.78 is 10.4. The van der Waals surface area contributed by atoms with Crippen LogP contribution in [0.25, 0.3) is 0 Å². The average Bonchev–Trinajstić information content (AvgIpc) is 2.60. The Morgan fingerprint density at radius 2 is 1.54 bits per heavy atom. The van der Waals surface area contributed by atoms with Gasteiger partial charge in [-0.25, -0.2) is 9.59 Å². The number of amides is 3. The van der Waals surface area contributed by atoms with E-state index in [1.54, 1.807) is 21.6 Å². The van der Waals surface area contributed by atoms with Crippen molar-refractivity contribution >= 4 is 18.1 Å². The van der Waals surface area contributed by atoms with Crippen molar-refractivity contribution in [1.82, 2.24) is 14.7 Å². The van der Waals surface area contributed by atoms with Gasteiger partial charge >= 0.3 is 12.2 Å². The average molecular weight is 369 g/mol. The van der Waals surface area contributed by atoms with E-state index in [0.29, 0.717) is 45.9 Å². The third-order valence-electron chi connectivity index (χ3n) is 4.54.